The Morgan fingerprint density at radius 2 is 2.00 bits per heavy atom. The number of anilines is 1. The van der Waals surface area contributed by atoms with Crippen LogP contribution < -0.4 is 10.2 Å². The maximum atomic E-state index is 12.0. The molecule has 0 bridgehead atoms. The summed E-state index contributed by atoms with van der Waals surface area (Å²) < 4.78 is 0. The number of nitrogens with zero attached hydrogens (tertiary/aromatic N) is 1. The molecule has 1 N–H and O–H groups in total. The SMILES string of the molecule is Cc1cccc(N(C)C(=O)CNC(C)(C)C)c1. The summed E-state index contributed by atoms with van der Waals surface area (Å²) in [6.45, 7) is 8.52. The van der Waals surface area contributed by atoms with Crippen molar-refractivity contribution in [2.45, 2.75) is 33.2 Å². The van der Waals surface area contributed by atoms with Gasteiger partial charge in [0.25, 0.3) is 0 Å². The van der Waals surface area contributed by atoms with Crippen LogP contribution in [0.1, 0.15) is 26.3 Å². The number of aryl methyl sites for hydroxylation is 1. The van der Waals surface area contributed by atoms with Crippen molar-refractivity contribution in [3.63, 3.8) is 0 Å². The highest BCUT2D eigenvalue weighted by molar-refractivity contribution is 5.94. The molecule has 94 valence electrons. The molecule has 0 aliphatic rings. The maximum absolute atomic E-state index is 12.0. The van der Waals surface area contributed by atoms with Gasteiger partial charge in [-0.15, -0.1) is 0 Å². The van der Waals surface area contributed by atoms with Gasteiger partial charge in [-0.25, -0.2) is 0 Å². The fourth-order valence-corrected chi connectivity index (χ4v) is 1.44. The first-order valence-corrected chi connectivity index (χ1v) is 5.88. The van der Waals surface area contributed by atoms with Gasteiger partial charge in [-0.2, -0.15) is 0 Å². The Bertz CT molecular complexity index is 393. The number of nitrogens with one attached hydrogen (secondary N) is 1. The predicted molar refractivity (Wildman–Crippen MR) is 72.3 cm³/mol. The summed E-state index contributed by atoms with van der Waals surface area (Å²) in [4.78, 5) is 13.7. The fourth-order valence-electron chi connectivity index (χ4n) is 1.44. The number of benzene rings is 1. The third-order valence-electron chi connectivity index (χ3n) is 2.53. The van der Waals surface area contributed by atoms with Crippen LogP contribution in [0.25, 0.3) is 0 Å². The standard InChI is InChI=1S/C14H22N2O/c1-11-7-6-8-12(9-11)16(5)13(17)10-15-14(2,3)4/h6-9,15H,10H2,1-5H3. The van der Waals surface area contributed by atoms with Gasteiger partial charge in [0, 0.05) is 18.3 Å². The number of amides is 1. The summed E-state index contributed by atoms with van der Waals surface area (Å²) in [6.07, 6.45) is 0. The molecule has 0 spiro atoms. The Balaban J connectivity index is 2.64. The van der Waals surface area contributed by atoms with E-state index in [2.05, 4.69) is 5.32 Å². The predicted octanol–water partition coefficient (Wildman–Crippen LogP) is 2.35. The van der Waals surface area contributed by atoms with Gasteiger partial charge in [0.05, 0.1) is 6.54 Å². The number of carbonyl (C=O) groups excluding carboxylic acids is 1. The average Bonchev–Trinajstić information content (AvgIpc) is 2.24. The molecule has 17 heavy (non-hydrogen) atoms. The molecule has 0 heterocycles. The largest absolute Gasteiger partial charge is 0.314 e. The minimum absolute atomic E-state index is 0.0386. The van der Waals surface area contributed by atoms with Crippen molar-refractivity contribution in [2.24, 2.45) is 0 Å². The average molecular weight is 234 g/mol. The molecule has 3 nitrogen and oxygen atoms in total. The fraction of sp³-hybridized carbons (Fsp3) is 0.500. The van der Waals surface area contributed by atoms with Crippen molar-refractivity contribution in [3.8, 4) is 0 Å². The number of hydrogen-bond acceptors (Lipinski definition) is 2. The van der Waals surface area contributed by atoms with E-state index in [-0.39, 0.29) is 11.4 Å². The molecule has 0 saturated heterocycles. The molecule has 1 amide bonds. The molecule has 0 unspecified atom stereocenters. The van der Waals surface area contributed by atoms with E-state index in [1.165, 1.54) is 0 Å². The monoisotopic (exact) mass is 234 g/mol. The summed E-state index contributed by atoms with van der Waals surface area (Å²) in [5, 5.41) is 3.20. The topological polar surface area (TPSA) is 32.3 Å². The first kappa shape index (κ1) is 13.7. The summed E-state index contributed by atoms with van der Waals surface area (Å²) in [7, 11) is 1.81. The summed E-state index contributed by atoms with van der Waals surface area (Å²) in [6, 6.07) is 7.94. The van der Waals surface area contributed by atoms with E-state index in [4.69, 9.17) is 0 Å². The third-order valence-corrected chi connectivity index (χ3v) is 2.53. The first-order chi connectivity index (χ1) is 7.79. The van der Waals surface area contributed by atoms with E-state index >= 15 is 0 Å². The second-order valence-electron chi connectivity index (χ2n) is 5.40. The van der Waals surface area contributed by atoms with Crippen LogP contribution in [0.5, 0.6) is 0 Å². The lowest BCUT2D eigenvalue weighted by atomic mass is 10.1. The van der Waals surface area contributed by atoms with Crippen molar-refractivity contribution in [1.82, 2.24) is 5.32 Å². The molecule has 0 saturated carbocycles. The summed E-state index contributed by atoms with van der Waals surface area (Å²) >= 11 is 0. The van der Waals surface area contributed by atoms with Gasteiger partial charge in [-0.3, -0.25) is 4.79 Å². The molecule has 0 aliphatic carbocycles. The van der Waals surface area contributed by atoms with Crippen LogP contribution in [-0.4, -0.2) is 25.0 Å². The highest BCUT2D eigenvalue weighted by Crippen LogP contribution is 2.14. The zero-order valence-electron chi connectivity index (χ0n) is 11.4. The van der Waals surface area contributed by atoms with E-state index in [9.17, 15) is 4.79 Å². The van der Waals surface area contributed by atoms with Crippen molar-refractivity contribution < 1.29 is 4.79 Å². The van der Waals surface area contributed by atoms with Gasteiger partial charge in [-0.05, 0) is 45.4 Å². The number of likely N-dealkylation sites (N-methyl/N-ethyl adjacent to an activating group) is 1. The van der Waals surface area contributed by atoms with Crippen LogP contribution in [0.2, 0.25) is 0 Å². The van der Waals surface area contributed by atoms with Crippen molar-refractivity contribution in [3.05, 3.63) is 29.8 Å². The highest BCUT2D eigenvalue weighted by Gasteiger charge is 2.15. The van der Waals surface area contributed by atoms with Crippen LogP contribution in [0.4, 0.5) is 5.69 Å². The second kappa shape index (κ2) is 5.32. The molecule has 0 aromatic heterocycles. The Morgan fingerprint density at radius 1 is 1.35 bits per heavy atom. The van der Waals surface area contributed by atoms with Crippen LogP contribution in [-0.2, 0) is 4.79 Å². The lowest BCUT2D eigenvalue weighted by molar-refractivity contribution is -0.117. The molecule has 1 aromatic rings. The van der Waals surface area contributed by atoms with E-state index in [1.54, 1.807) is 11.9 Å². The normalized spacial score (nSPS) is 11.4. The second-order valence-corrected chi connectivity index (χ2v) is 5.40. The van der Waals surface area contributed by atoms with Crippen molar-refractivity contribution >= 4 is 11.6 Å². The lowest BCUT2D eigenvalue weighted by Gasteiger charge is -2.23. The zero-order valence-corrected chi connectivity index (χ0v) is 11.4. The van der Waals surface area contributed by atoms with Gasteiger partial charge in [0.15, 0.2) is 0 Å². The molecule has 1 rings (SSSR count). The lowest BCUT2D eigenvalue weighted by Crippen LogP contribution is -2.43. The van der Waals surface area contributed by atoms with Crippen LogP contribution >= 0.6 is 0 Å². The summed E-state index contributed by atoms with van der Waals surface area (Å²) in [5.74, 6) is 0.0746. The van der Waals surface area contributed by atoms with Gasteiger partial charge < -0.3 is 10.2 Å². The molecular formula is C14H22N2O. The zero-order chi connectivity index (χ0) is 13.1. The van der Waals surface area contributed by atoms with Gasteiger partial charge in [0.2, 0.25) is 5.91 Å². The van der Waals surface area contributed by atoms with Gasteiger partial charge in [0.1, 0.15) is 0 Å². The minimum atomic E-state index is -0.0386. The molecule has 3 heteroatoms. The molecular weight excluding hydrogens is 212 g/mol. The van der Waals surface area contributed by atoms with Crippen LogP contribution in [0, 0.1) is 6.92 Å². The third kappa shape index (κ3) is 4.57. The Labute approximate surface area is 104 Å². The maximum Gasteiger partial charge on any atom is 0.240 e. The quantitative estimate of drug-likeness (QED) is 0.870. The van der Waals surface area contributed by atoms with E-state index in [0.29, 0.717) is 6.54 Å². The molecule has 0 fully saturated rings. The van der Waals surface area contributed by atoms with Crippen molar-refractivity contribution in [2.75, 3.05) is 18.5 Å². The molecule has 0 atom stereocenters. The first-order valence-electron chi connectivity index (χ1n) is 5.88. The van der Waals surface area contributed by atoms with Crippen LogP contribution in [0.15, 0.2) is 24.3 Å². The number of carbonyl (C=O) groups is 1. The molecule has 1 aromatic carbocycles. The van der Waals surface area contributed by atoms with Gasteiger partial charge in [-0.1, -0.05) is 12.1 Å². The highest BCUT2D eigenvalue weighted by atomic mass is 16.2. The van der Waals surface area contributed by atoms with Crippen LogP contribution in [0.3, 0.4) is 0 Å². The summed E-state index contributed by atoms with van der Waals surface area (Å²) in [5.41, 5.74) is 2.06. The Hall–Kier alpha value is -1.35. The Morgan fingerprint density at radius 3 is 2.53 bits per heavy atom. The number of hydrogen-bond donors (Lipinski definition) is 1. The molecule has 0 radical (unpaired) electrons. The number of rotatable bonds is 3. The minimum Gasteiger partial charge on any atom is -0.314 e. The van der Waals surface area contributed by atoms with E-state index < -0.39 is 0 Å². The molecule has 0 aliphatic heterocycles. The van der Waals surface area contributed by atoms with E-state index in [1.807, 2.05) is 52.0 Å². The smallest absolute Gasteiger partial charge is 0.240 e. The van der Waals surface area contributed by atoms with Gasteiger partial charge >= 0.3 is 0 Å². The Kier molecular flexibility index (Phi) is 4.29. The van der Waals surface area contributed by atoms with Crippen molar-refractivity contribution in [1.29, 1.82) is 0 Å². The van der Waals surface area contributed by atoms with E-state index in [0.717, 1.165) is 11.3 Å².